The molecule has 4 rings (SSSR count). The summed E-state index contributed by atoms with van der Waals surface area (Å²) < 4.78 is 3.77. The maximum absolute atomic E-state index is 13.2. The van der Waals surface area contributed by atoms with E-state index in [0.717, 1.165) is 27.0 Å². The van der Waals surface area contributed by atoms with E-state index in [1.54, 1.807) is 6.20 Å². The highest BCUT2D eigenvalue weighted by molar-refractivity contribution is 8.00. The van der Waals surface area contributed by atoms with E-state index in [1.165, 1.54) is 11.8 Å². The Bertz CT molecular complexity index is 994. The average Bonchev–Trinajstić information content (AvgIpc) is 3.15. The SMILES string of the molecule is CC(Sc1nccn1C)C(=O)n1c2ccccc2c2ccccc21. The monoisotopic (exact) mass is 335 g/mol. The second kappa shape index (κ2) is 5.83. The van der Waals surface area contributed by atoms with E-state index in [4.69, 9.17) is 0 Å². The summed E-state index contributed by atoms with van der Waals surface area (Å²) in [6.07, 6.45) is 3.64. The fourth-order valence-electron chi connectivity index (χ4n) is 3.02. The van der Waals surface area contributed by atoms with Gasteiger partial charge >= 0.3 is 0 Å². The van der Waals surface area contributed by atoms with Crippen molar-refractivity contribution in [3.63, 3.8) is 0 Å². The number of fused-ring (bicyclic) bond motifs is 3. The number of aryl methyl sites for hydroxylation is 1. The average molecular weight is 335 g/mol. The lowest BCUT2D eigenvalue weighted by Crippen LogP contribution is -2.21. The van der Waals surface area contributed by atoms with Crippen LogP contribution in [0.1, 0.15) is 11.7 Å². The molecule has 120 valence electrons. The molecule has 5 heteroatoms. The van der Waals surface area contributed by atoms with Crippen molar-refractivity contribution >= 4 is 39.5 Å². The van der Waals surface area contributed by atoms with E-state index in [9.17, 15) is 4.79 Å². The van der Waals surface area contributed by atoms with Crippen molar-refractivity contribution in [2.75, 3.05) is 0 Å². The van der Waals surface area contributed by atoms with Crippen LogP contribution in [0.2, 0.25) is 0 Å². The summed E-state index contributed by atoms with van der Waals surface area (Å²) in [5.74, 6) is 0.0698. The van der Waals surface area contributed by atoms with Gasteiger partial charge in [0.15, 0.2) is 5.16 Å². The predicted molar refractivity (Wildman–Crippen MR) is 98.6 cm³/mol. The molecule has 0 amide bonds. The van der Waals surface area contributed by atoms with Crippen LogP contribution in [0.4, 0.5) is 0 Å². The smallest absolute Gasteiger partial charge is 0.244 e. The Hall–Kier alpha value is -2.53. The summed E-state index contributed by atoms with van der Waals surface area (Å²) >= 11 is 1.48. The highest BCUT2D eigenvalue weighted by Crippen LogP contribution is 2.31. The first kappa shape index (κ1) is 15.0. The predicted octanol–water partition coefficient (Wildman–Crippen LogP) is 4.35. The molecule has 0 radical (unpaired) electrons. The topological polar surface area (TPSA) is 39.8 Å². The van der Waals surface area contributed by atoms with Crippen LogP contribution in [0, 0.1) is 0 Å². The first-order valence-corrected chi connectivity index (χ1v) is 8.71. The van der Waals surface area contributed by atoms with Crippen molar-refractivity contribution in [1.29, 1.82) is 0 Å². The molecule has 24 heavy (non-hydrogen) atoms. The minimum absolute atomic E-state index is 0.0698. The van der Waals surface area contributed by atoms with E-state index in [0.29, 0.717) is 0 Å². The summed E-state index contributed by atoms with van der Waals surface area (Å²) in [5, 5.41) is 2.83. The molecule has 4 nitrogen and oxygen atoms in total. The summed E-state index contributed by atoms with van der Waals surface area (Å²) in [5.41, 5.74) is 1.91. The molecule has 0 spiro atoms. The number of para-hydroxylation sites is 2. The van der Waals surface area contributed by atoms with E-state index in [1.807, 2.05) is 65.7 Å². The van der Waals surface area contributed by atoms with Gasteiger partial charge in [-0.1, -0.05) is 48.2 Å². The third kappa shape index (κ3) is 2.32. The van der Waals surface area contributed by atoms with Crippen LogP contribution in [0.15, 0.2) is 66.1 Å². The molecule has 0 fully saturated rings. The largest absolute Gasteiger partial charge is 0.329 e. The molecule has 0 aliphatic rings. The third-order valence-corrected chi connectivity index (χ3v) is 5.37. The van der Waals surface area contributed by atoms with Gasteiger partial charge in [0.05, 0.1) is 16.3 Å². The number of aromatic nitrogens is 3. The number of nitrogens with zero attached hydrogens (tertiary/aromatic N) is 3. The molecular formula is C19H17N3OS. The summed E-state index contributed by atoms with van der Waals surface area (Å²) in [6, 6.07) is 16.1. The zero-order valence-electron chi connectivity index (χ0n) is 13.5. The van der Waals surface area contributed by atoms with Crippen LogP contribution in [-0.4, -0.2) is 25.3 Å². The van der Waals surface area contributed by atoms with Crippen molar-refractivity contribution in [3.05, 3.63) is 60.9 Å². The minimum atomic E-state index is -0.231. The van der Waals surface area contributed by atoms with E-state index >= 15 is 0 Å². The van der Waals surface area contributed by atoms with Crippen LogP contribution in [0.25, 0.3) is 21.8 Å². The molecule has 0 aliphatic heterocycles. The van der Waals surface area contributed by atoms with Gasteiger partial charge in [0, 0.05) is 30.2 Å². The lowest BCUT2D eigenvalue weighted by molar-refractivity contribution is 0.0925. The van der Waals surface area contributed by atoms with Gasteiger partial charge in [0.1, 0.15) is 0 Å². The van der Waals surface area contributed by atoms with Gasteiger partial charge in [0.25, 0.3) is 0 Å². The Morgan fingerprint density at radius 3 is 2.17 bits per heavy atom. The normalized spacial score (nSPS) is 12.8. The molecule has 4 aromatic rings. The molecule has 2 aromatic heterocycles. The van der Waals surface area contributed by atoms with Crippen LogP contribution in [0.3, 0.4) is 0 Å². The maximum Gasteiger partial charge on any atom is 0.244 e. The van der Waals surface area contributed by atoms with Crippen LogP contribution >= 0.6 is 11.8 Å². The van der Waals surface area contributed by atoms with Crippen LogP contribution in [-0.2, 0) is 7.05 Å². The number of hydrogen-bond donors (Lipinski definition) is 0. The fraction of sp³-hybridized carbons (Fsp3) is 0.158. The van der Waals surface area contributed by atoms with Crippen molar-refractivity contribution in [2.45, 2.75) is 17.3 Å². The van der Waals surface area contributed by atoms with Gasteiger partial charge in [-0.05, 0) is 19.1 Å². The zero-order valence-corrected chi connectivity index (χ0v) is 14.3. The summed E-state index contributed by atoms with van der Waals surface area (Å²) in [7, 11) is 1.94. The minimum Gasteiger partial charge on any atom is -0.329 e. The first-order chi connectivity index (χ1) is 11.7. The Labute approximate surface area is 144 Å². The van der Waals surface area contributed by atoms with Crippen molar-refractivity contribution < 1.29 is 4.79 Å². The number of thioether (sulfide) groups is 1. The lowest BCUT2D eigenvalue weighted by Gasteiger charge is -2.12. The molecule has 0 bridgehead atoms. The van der Waals surface area contributed by atoms with Gasteiger partial charge in [-0.15, -0.1) is 0 Å². The Kier molecular flexibility index (Phi) is 3.65. The lowest BCUT2D eigenvalue weighted by atomic mass is 10.2. The summed E-state index contributed by atoms with van der Waals surface area (Å²) in [4.78, 5) is 17.5. The van der Waals surface area contributed by atoms with Crippen LogP contribution in [0.5, 0.6) is 0 Å². The van der Waals surface area contributed by atoms with Crippen molar-refractivity contribution in [3.8, 4) is 0 Å². The molecule has 1 atom stereocenters. The van der Waals surface area contributed by atoms with E-state index in [2.05, 4.69) is 17.1 Å². The molecular weight excluding hydrogens is 318 g/mol. The van der Waals surface area contributed by atoms with E-state index < -0.39 is 0 Å². The van der Waals surface area contributed by atoms with Gasteiger partial charge < -0.3 is 4.57 Å². The van der Waals surface area contributed by atoms with Gasteiger partial charge in [-0.2, -0.15) is 0 Å². The number of hydrogen-bond acceptors (Lipinski definition) is 3. The highest BCUT2D eigenvalue weighted by atomic mass is 32.2. The second-order valence-electron chi connectivity index (χ2n) is 5.79. The maximum atomic E-state index is 13.2. The number of benzene rings is 2. The second-order valence-corrected chi connectivity index (χ2v) is 7.10. The standard InChI is InChI=1S/C19H17N3OS/c1-13(24-19-20-11-12-21(19)2)18(23)22-16-9-5-3-7-14(16)15-8-4-6-10-17(15)22/h3-13H,1-2H3. The quantitative estimate of drug-likeness (QED) is 0.523. The molecule has 0 saturated carbocycles. The molecule has 0 N–H and O–H groups in total. The number of rotatable bonds is 3. The van der Waals surface area contributed by atoms with Gasteiger partial charge in [0.2, 0.25) is 5.91 Å². The first-order valence-electron chi connectivity index (χ1n) is 7.83. The number of carbonyl (C=O) groups is 1. The van der Waals surface area contributed by atoms with Gasteiger partial charge in [-0.3, -0.25) is 9.36 Å². The van der Waals surface area contributed by atoms with Crippen molar-refractivity contribution in [1.82, 2.24) is 14.1 Å². The Morgan fingerprint density at radius 2 is 1.62 bits per heavy atom. The van der Waals surface area contributed by atoms with Crippen LogP contribution < -0.4 is 0 Å². The van der Waals surface area contributed by atoms with Crippen molar-refractivity contribution in [2.24, 2.45) is 7.05 Å². The Morgan fingerprint density at radius 1 is 1.04 bits per heavy atom. The molecule has 2 heterocycles. The third-order valence-electron chi connectivity index (χ3n) is 4.21. The number of imidazole rings is 1. The summed E-state index contributed by atoms with van der Waals surface area (Å²) in [6.45, 7) is 1.94. The number of carbonyl (C=O) groups excluding carboxylic acids is 1. The molecule has 2 aromatic carbocycles. The highest BCUT2D eigenvalue weighted by Gasteiger charge is 2.22. The Balaban J connectivity index is 1.82. The zero-order chi connectivity index (χ0) is 16.7. The fourth-order valence-corrected chi connectivity index (χ4v) is 3.89. The molecule has 1 unspecified atom stereocenters. The van der Waals surface area contributed by atoms with E-state index in [-0.39, 0.29) is 11.2 Å². The van der Waals surface area contributed by atoms with Gasteiger partial charge in [-0.25, -0.2) is 4.98 Å². The molecule has 0 saturated heterocycles. The molecule has 0 aliphatic carbocycles.